The standard InChI is InChI=1S/C15H27N3O2/c1-12-10-17-14(13(2)15(12)19-5)11-16-6-8-20-9-7-18(3)4/h10,16H,6-9,11H2,1-5H3. The van der Waals surface area contributed by atoms with Gasteiger partial charge in [0.2, 0.25) is 0 Å². The van der Waals surface area contributed by atoms with Crippen LogP contribution in [0.4, 0.5) is 0 Å². The summed E-state index contributed by atoms with van der Waals surface area (Å²) in [7, 11) is 5.78. The highest BCUT2D eigenvalue weighted by Gasteiger charge is 2.08. The van der Waals surface area contributed by atoms with Crippen molar-refractivity contribution in [2.45, 2.75) is 20.4 Å². The first kappa shape index (κ1) is 16.9. The first-order valence-corrected chi connectivity index (χ1v) is 6.98. The van der Waals surface area contributed by atoms with Crippen molar-refractivity contribution < 1.29 is 9.47 Å². The van der Waals surface area contributed by atoms with Crippen molar-refractivity contribution in [2.24, 2.45) is 0 Å². The van der Waals surface area contributed by atoms with Crippen molar-refractivity contribution in [1.82, 2.24) is 15.2 Å². The average Bonchev–Trinajstić information content (AvgIpc) is 2.40. The van der Waals surface area contributed by atoms with E-state index in [-0.39, 0.29) is 0 Å². The minimum atomic E-state index is 0.718. The number of pyridine rings is 1. The highest BCUT2D eigenvalue weighted by molar-refractivity contribution is 5.40. The number of methoxy groups -OCH3 is 1. The third kappa shape index (κ3) is 5.45. The SMILES string of the molecule is COc1c(C)cnc(CNCCOCCN(C)C)c1C. The molecule has 0 aromatic carbocycles. The van der Waals surface area contributed by atoms with E-state index in [4.69, 9.17) is 9.47 Å². The zero-order chi connectivity index (χ0) is 15.0. The predicted octanol–water partition coefficient (Wildman–Crippen LogP) is 1.37. The van der Waals surface area contributed by atoms with E-state index in [1.807, 2.05) is 34.1 Å². The fourth-order valence-electron chi connectivity index (χ4n) is 1.95. The minimum Gasteiger partial charge on any atom is -0.496 e. The van der Waals surface area contributed by atoms with Gasteiger partial charge in [-0.25, -0.2) is 0 Å². The lowest BCUT2D eigenvalue weighted by molar-refractivity contribution is 0.119. The molecule has 5 heteroatoms. The van der Waals surface area contributed by atoms with E-state index in [0.29, 0.717) is 0 Å². The summed E-state index contributed by atoms with van der Waals surface area (Å²) in [6.45, 7) is 8.05. The number of nitrogens with one attached hydrogen (secondary N) is 1. The molecule has 0 saturated heterocycles. The maximum absolute atomic E-state index is 5.53. The Morgan fingerprint density at radius 3 is 2.65 bits per heavy atom. The molecule has 0 unspecified atom stereocenters. The number of nitrogens with zero attached hydrogens (tertiary/aromatic N) is 2. The molecule has 0 saturated carbocycles. The van der Waals surface area contributed by atoms with Crippen molar-refractivity contribution in [3.05, 3.63) is 23.0 Å². The average molecular weight is 281 g/mol. The topological polar surface area (TPSA) is 46.6 Å². The van der Waals surface area contributed by atoms with Gasteiger partial charge in [0.05, 0.1) is 26.0 Å². The van der Waals surface area contributed by atoms with E-state index < -0.39 is 0 Å². The van der Waals surface area contributed by atoms with Crippen LogP contribution in [0, 0.1) is 13.8 Å². The summed E-state index contributed by atoms with van der Waals surface area (Å²) in [5, 5.41) is 3.34. The van der Waals surface area contributed by atoms with Crippen molar-refractivity contribution in [1.29, 1.82) is 0 Å². The highest BCUT2D eigenvalue weighted by atomic mass is 16.5. The minimum absolute atomic E-state index is 0.718. The molecule has 0 bridgehead atoms. The van der Waals surface area contributed by atoms with Crippen molar-refractivity contribution in [2.75, 3.05) is 47.5 Å². The van der Waals surface area contributed by atoms with Gasteiger partial charge in [0.15, 0.2) is 0 Å². The number of ether oxygens (including phenoxy) is 2. The van der Waals surface area contributed by atoms with Gasteiger partial charge in [0.25, 0.3) is 0 Å². The number of hydrogen-bond donors (Lipinski definition) is 1. The van der Waals surface area contributed by atoms with Gasteiger partial charge in [-0.3, -0.25) is 4.98 Å². The molecule has 1 N–H and O–H groups in total. The number of aryl methyl sites for hydroxylation is 1. The molecule has 114 valence electrons. The maximum atomic E-state index is 5.53. The monoisotopic (exact) mass is 281 g/mol. The van der Waals surface area contributed by atoms with Crippen LogP contribution >= 0.6 is 0 Å². The summed E-state index contributed by atoms with van der Waals surface area (Å²) in [4.78, 5) is 6.56. The number of rotatable bonds is 9. The van der Waals surface area contributed by atoms with Crippen molar-refractivity contribution in [3.8, 4) is 5.75 Å². The fraction of sp³-hybridized carbons (Fsp3) is 0.667. The van der Waals surface area contributed by atoms with E-state index in [1.165, 1.54) is 0 Å². The van der Waals surface area contributed by atoms with Gasteiger partial charge in [-0.15, -0.1) is 0 Å². The van der Waals surface area contributed by atoms with Crippen LogP contribution in [0.1, 0.15) is 16.8 Å². The Labute approximate surface area is 122 Å². The highest BCUT2D eigenvalue weighted by Crippen LogP contribution is 2.23. The molecule has 1 aromatic heterocycles. The molecule has 1 heterocycles. The van der Waals surface area contributed by atoms with Gasteiger partial charge in [-0.2, -0.15) is 0 Å². The smallest absolute Gasteiger partial charge is 0.128 e. The summed E-state index contributed by atoms with van der Waals surface area (Å²) in [6, 6.07) is 0. The molecule has 0 radical (unpaired) electrons. The second kappa shape index (κ2) is 8.89. The Bertz CT molecular complexity index is 408. The molecular weight excluding hydrogens is 254 g/mol. The van der Waals surface area contributed by atoms with Crippen molar-refractivity contribution in [3.63, 3.8) is 0 Å². The summed E-state index contributed by atoms with van der Waals surface area (Å²) in [6.07, 6.45) is 1.86. The lowest BCUT2D eigenvalue weighted by Gasteiger charge is -2.13. The molecular formula is C15H27N3O2. The zero-order valence-electron chi connectivity index (χ0n) is 13.3. The van der Waals surface area contributed by atoms with Gasteiger partial charge in [0.1, 0.15) is 5.75 Å². The normalized spacial score (nSPS) is 11.1. The maximum Gasteiger partial charge on any atom is 0.128 e. The van der Waals surface area contributed by atoms with Crippen LogP contribution < -0.4 is 10.1 Å². The first-order chi connectivity index (χ1) is 9.56. The summed E-state index contributed by atoms with van der Waals surface area (Å²) >= 11 is 0. The fourth-order valence-corrected chi connectivity index (χ4v) is 1.95. The Kier molecular flexibility index (Phi) is 7.51. The molecule has 0 fully saturated rings. The summed E-state index contributed by atoms with van der Waals surface area (Å²) in [5.41, 5.74) is 3.20. The second-order valence-electron chi connectivity index (χ2n) is 5.14. The molecule has 1 rings (SSSR count). The van der Waals surface area contributed by atoms with E-state index >= 15 is 0 Å². The van der Waals surface area contributed by atoms with E-state index in [2.05, 4.69) is 15.2 Å². The molecule has 20 heavy (non-hydrogen) atoms. The number of aromatic nitrogens is 1. The summed E-state index contributed by atoms with van der Waals surface area (Å²) < 4.78 is 10.9. The van der Waals surface area contributed by atoms with Gasteiger partial charge >= 0.3 is 0 Å². The Balaban J connectivity index is 2.29. The van der Waals surface area contributed by atoms with E-state index in [0.717, 1.165) is 55.4 Å². The molecule has 0 aliphatic heterocycles. The van der Waals surface area contributed by atoms with E-state index in [1.54, 1.807) is 7.11 Å². The van der Waals surface area contributed by atoms with Crippen LogP contribution in [0.25, 0.3) is 0 Å². The van der Waals surface area contributed by atoms with Crippen LogP contribution in [-0.4, -0.2) is 57.4 Å². The lowest BCUT2D eigenvalue weighted by atomic mass is 10.1. The zero-order valence-corrected chi connectivity index (χ0v) is 13.3. The van der Waals surface area contributed by atoms with Gasteiger partial charge in [-0.05, 0) is 27.9 Å². The van der Waals surface area contributed by atoms with Crippen LogP contribution in [0.2, 0.25) is 0 Å². The Morgan fingerprint density at radius 2 is 2.00 bits per heavy atom. The third-order valence-electron chi connectivity index (χ3n) is 3.15. The van der Waals surface area contributed by atoms with Crippen LogP contribution in [-0.2, 0) is 11.3 Å². The van der Waals surface area contributed by atoms with Gasteiger partial charge in [0, 0.05) is 37.0 Å². The molecule has 0 spiro atoms. The van der Waals surface area contributed by atoms with Crippen LogP contribution in [0.5, 0.6) is 5.75 Å². The largest absolute Gasteiger partial charge is 0.496 e. The number of hydrogen-bond acceptors (Lipinski definition) is 5. The summed E-state index contributed by atoms with van der Waals surface area (Å²) in [5.74, 6) is 0.930. The third-order valence-corrected chi connectivity index (χ3v) is 3.15. The van der Waals surface area contributed by atoms with Gasteiger partial charge < -0.3 is 19.7 Å². The molecule has 0 atom stereocenters. The predicted molar refractivity (Wildman–Crippen MR) is 81.3 cm³/mol. The van der Waals surface area contributed by atoms with Gasteiger partial charge in [-0.1, -0.05) is 0 Å². The van der Waals surface area contributed by atoms with Crippen LogP contribution in [0.15, 0.2) is 6.20 Å². The number of likely N-dealkylation sites (N-methyl/N-ethyl adjacent to an activating group) is 1. The Morgan fingerprint density at radius 1 is 1.25 bits per heavy atom. The lowest BCUT2D eigenvalue weighted by Crippen LogP contribution is -2.23. The Hall–Kier alpha value is -1.17. The van der Waals surface area contributed by atoms with Crippen LogP contribution in [0.3, 0.4) is 0 Å². The first-order valence-electron chi connectivity index (χ1n) is 6.98. The molecule has 1 aromatic rings. The molecule has 5 nitrogen and oxygen atoms in total. The van der Waals surface area contributed by atoms with E-state index in [9.17, 15) is 0 Å². The quantitative estimate of drug-likeness (QED) is 0.693. The molecule has 0 aliphatic rings. The second-order valence-corrected chi connectivity index (χ2v) is 5.14. The van der Waals surface area contributed by atoms with Crippen molar-refractivity contribution >= 4 is 0 Å². The molecule has 0 amide bonds. The molecule has 0 aliphatic carbocycles.